The monoisotopic (exact) mass is 228 g/mol. The van der Waals surface area contributed by atoms with Gasteiger partial charge >= 0.3 is 0 Å². The van der Waals surface area contributed by atoms with E-state index in [-0.39, 0.29) is 18.3 Å². The Bertz CT molecular complexity index is 188. The maximum absolute atomic E-state index is 10.4. The van der Waals surface area contributed by atoms with Gasteiger partial charge in [-0.1, -0.05) is 13.3 Å². The first-order chi connectivity index (χ1) is 7.72. The minimum absolute atomic E-state index is 0.00671. The number of hydrogen-bond donors (Lipinski definition) is 0. The molecule has 0 N–H and O–H groups in total. The standard InChI is InChI=1S/C13H24O3/c1-11(10-14)6-5-7-12(2)16-13-8-3-4-9-15-13/h10-13H,3-9H2,1-2H3/t11-,12+,13?/m0/s1. The fourth-order valence-corrected chi connectivity index (χ4v) is 1.94. The molecule has 16 heavy (non-hydrogen) atoms. The third-order valence-corrected chi connectivity index (χ3v) is 3.02. The predicted octanol–water partition coefficient (Wildman–Crippen LogP) is 2.92. The molecule has 0 spiro atoms. The summed E-state index contributed by atoms with van der Waals surface area (Å²) in [4.78, 5) is 10.4. The van der Waals surface area contributed by atoms with Gasteiger partial charge in [0.2, 0.25) is 0 Å². The number of rotatable bonds is 7. The highest BCUT2D eigenvalue weighted by atomic mass is 16.7. The first-order valence-corrected chi connectivity index (χ1v) is 6.44. The summed E-state index contributed by atoms with van der Waals surface area (Å²) in [6.45, 7) is 4.88. The van der Waals surface area contributed by atoms with E-state index in [0.29, 0.717) is 0 Å². The van der Waals surface area contributed by atoms with Gasteiger partial charge in [0, 0.05) is 12.5 Å². The minimum Gasteiger partial charge on any atom is -0.353 e. The van der Waals surface area contributed by atoms with Crippen LogP contribution < -0.4 is 0 Å². The van der Waals surface area contributed by atoms with Crippen LogP contribution in [0.1, 0.15) is 52.4 Å². The second-order valence-electron chi connectivity index (χ2n) is 4.79. The van der Waals surface area contributed by atoms with Crippen LogP contribution in [0.2, 0.25) is 0 Å². The van der Waals surface area contributed by atoms with Crippen LogP contribution in [0.4, 0.5) is 0 Å². The molecule has 94 valence electrons. The molecule has 0 saturated carbocycles. The lowest BCUT2D eigenvalue weighted by atomic mass is 10.0. The lowest BCUT2D eigenvalue weighted by molar-refractivity contribution is -0.185. The van der Waals surface area contributed by atoms with E-state index in [2.05, 4.69) is 6.92 Å². The van der Waals surface area contributed by atoms with Gasteiger partial charge < -0.3 is 14.3 Å². The lowest BCUT2D eigenvalue weighted by Gasteiger charge is -2.26. The third-order valence-electron chi connectivity index (χ3n) is 3.02. The number of hydrogen-bond acceptors (Lipinski definition) is 3. The van der Waals surface area contributed by atoms with Crippen LogP contribution in [0.25, 0.3) is 0 Å². The molecule has 0 bridgehead atoms. The normalized spacial score (nSPS) is 25.0. The van der Waals surface area contributed by atoms with Gasteiger partial charge in [-0.15, -0.1) is 0 Å². The van der Waals surface area contributed by atoms with Crippen LogP contribution in [0.5, 0.6) is 0 Å². The smallest absolute Gasteiger partial charge is 0.157 e. The Morgan fingerprint density at radius 3 is 2.81 bits per heavy atom. The molecular formula is C13H24O3. The van der Waals surface area contributed by atoms with Crippen molar-refractivity contribution >= 4 is 6.29 Å². The zero-order chi connectivity index (χ0) is 11.8. The molecular weight excluding hydrogens is 204 g/mol. The molecule has 0 aliphatic carbocycles. The molecule has 0 aromatic carbocycles. The first-order valence-electron chi connectivity index (χ1n) is 6.44. The minimum atomic E-state index is 0.00671. The van der Waals surface area contributed by atoms with E-state index in [0.717, 1.165) is 45.0 Å². The Balaban J connectivity index is 2.05. The van der Waals surface area contributed by atoms with E-state index in [1.165, 1.54) is 6.42 Å². The molecule has 1 aliphatic heterocycles. The van der Waals surface area contributed by atoms with Crippen molar-refractivity contribution in [3.63, 3.8) is 0 Å². The van der Waals surface area contributed by atoms with Gasteiger partial charge in [0.05, 0.1) is 6.10 Å². The second-order valence-corrected chi connectivity index (χ2v) is 4.79. The van der Waals surface area contributed by atoms with Crippen LogP contribution in [0, 0.1) is 5.92 Å². The molecule has 1 unspecified atom stereocenters. The second kappa shape index (κ2) is 7.80. The van der Waals surface area contributed by atoms with Gasteiger partial charge in [-0.05, 0) is 39.0 Å². The van der Waals surface area contributed by atoms with Crippen LogP contribution in [-0.2, 0) is 14.3 Å². The SMILES string of the molecule is C[C@H](C=O)CCC[C@@H](C)OC1CCCCO1. The molecule has 3 nitrogen and oxygen atoms in total. The first kappa shape index (κ1) is 13.7. The van der Waals surface area contributed by atoms with Gasteiger partial charge in [-0.2, -0.15) is 0 Å². The summed E-state index contributed by atoms with van der Waals surface area (Å²) in [5.41, 5.74) is 0. The van der Waals surface area contributed by atoms with E-state index in [4.69, 9.17) is 9.47 Å². The quantitative estimate of drug-likeness (QED) is 0.628. The van der Waals surface area contributed by atoms with E-state index < -0.39 is 0 Å². The van der Waals surface area contributed by atoms with E-state index in [9.17, 15) is 4.79 Å². The van der Waals surface area contributed by atoms with Gasteiger partial charge in [0.1, 0.15) is 6.29 Å². The van der Waals surface area contributed by atoms with Gasteiger partial charge in [-0.25, -0.2) is 0 Å². The topological polar surface area (TPSA) is 35.5 Å². The average Bonchev–Trinajstić information content (AvgIpc) is 2.30. The summed E-state index contributed by atoms with van der Waals surface area (Å²) in [6.07, 6.45) is 7.68. The maximum Gasteiger partial charge on any atom is 0.157 e. The van der Waals surface area contributed by atoms with Crippen molar-refractivity contribution in [2.45, 2.75) is 64.8 Å². The zero-order valence-electron chi connectivity index (χ0n) is 10.5. The number of ether oxygens (including phenoxy) is 2. The van der Waals surface area contributed by atoms with Crippen molar-refractivity contribution in [3.8, 4) is 0 Å². The number of aldehydes is 1. The molecule has 3 atom stereocenters. The van der Waals surface area contributed by atoms with Crippen LogP contribution in [-0.4, -0.2) is 25.3 Å². The molecule has 1 fully saturated rings. The summed E-state index contributed by atoms with van der Waals surface area (Å²) in [6, 6.07) is 0. The van der Waals surface area contributed by atoms with E-state index in [1.54, 1.807) is 0 Å². The molecule has 0 aromatic rings. The van der Waals surface area contributed by atoms with Crippen LogP contribution in [0.15, 0.2) is 0 Å². The molecule has 0 amide bonds. The summed E-state index contributed by atoms with van der Waals surface area (Å²) in [5, 5.41) is 0. The molecule has 1 saturated heterocycles. The number of carbonyl (C=O) groups is 1. The Kier molecular flexibility index (Phi) is 6.65. The Labute approximate surface area is 98.5 Å². The van der Waals surface area contributed by atoms with Crippen LogP contribution >= 0.6 is 0 Å². The average molecular weight is 228 g/mol. The highest BCUT2D eigenvalue weighted by Gasteiger charge is 2.16. The van der Waals surface area contributed by atoms with Crippen LogP contribution in [0.3, 0.4) is 0 Å². The van der Waals surface area contributed by atoms with Crippen molar-refractivity contribution in [1.82, 2.24) is 0 Å². The molecule has 0 aromatic heterocycles. The van der Waals surface area contributed by atoms with Gasteiger partial charge in [-0.3, -0.25) is 0 Å². The zero-order valence-corrected chi connectivity index (χ0v) is 10.5. The van der Waals surface area contributed by atoms with E-state index in [1.807, 2.05) is 6.92 Å². The van der Waals surface area contributed by atoms with E-state index >= 15 is 0 Å². The fourth-order valence-electron chi connectivity index (χ4n) is 1.94. The van der Waals surface area contributed by atoms with Crippen molar-refractivity contribution in [2.75, 3.05) is 6.61 Å². The molecule has 1 aliphatic rings. The van der Waals surface area contributed by atoms with Crippen molar-refractivity contribution < 1.29 is 14.3 Å². The molecule has 3 heteroatoms. The summed E-state index contributed by atoms with van der Waals surface area (Å²) in [5.74, 6) is 0.179. The maximum atomic E-state index is 10.4. The predicted molar refractivity (Wildman–Crippen MR) is 63.2 cm³/mol. The highest BCUT2D eigenvalue weighted by Crippen LogP contribution is 2.17. The molecule has 1 heterocycles. The van der Waals surface area contributed by atoms with Gasteiger partial charge in [0.15, 0.2) is 6.29 Å². The van der Waals surface area contributed by atoms with Crippen molar-refractivity contribution in [2.24, 2.45) is 5.92 Å². The third kappa shape index (κ3) is 5.61. The largest absolute Gasteiger partial charge is 0.353 e. The molecule has 1 rings (SSSR count). The summed E-state index contributed by atoms with van der Waals surface area (Å²) < 4.78 is 11.3. The molecule has 0 radical (unpaired) electrons. The summed E-state index contributed by atoms with van der Waals surface area (Å²) >= 11 is 0. The lowest BCUT2D eigenvalue weighted by Crippen LogP contribution is -2.26. The Morgan fingerprint density at radius 1 is 1.38 bits per heavy atom. The number of carbonyl (C=O) groups excluding carboxylic acids is 1. The Morgan fingerprint density at radius 2 is 2.19 bits per heavy atom. The highest BCUT2D eigenvalue weighted by molar-refractivity contribution is 5.52. The van der Waals surface area contributed by atoms with Gasteiger partial charge in [0.25, 0.3) is 0 Å². The fraction of sp³-hybridized carbons (Fsp3) is 0.923. The Hall–Kier alpha value is -0.410. The summed E-state index contributed by atoms with van der Waals surface area (Å²) in [7, 11) is 0. The van der Waals surface area contributed by atoms with Crippen molar-refractivity contribution in [1.29, 1.82) is 0 Å². The van der Waals surface area contributed by atoms with Crippen molar-refractivity contribution in [3.05, 3.63) is 0 Å².